The van der Waals surface area contributed by atoms with Crippen LogP contribution in [-0.2, 0) is 10.0 Å². The monoisotopic (exact) mass is 397 g/mol. The third-order valence-electron chi connectivity index (χ3n) is 3.24. The Morgan fingerprint density at radius 2 is 1.91 bits per heavy atom. The van der Waals surface area contributed by atoms with Crippen molar-refractivity contribution in [3.8, 4) is 0 Å². The van der Waals surface area contributed by atoms with Crippen LogP contribution >= 0.6 is 27.7 Å². The lowest BCUT2D eigenvalue weighted by Gasteiger charge is -2.16. The van der Waals surface area contributed by atoms with Crippen LogP contribution in [0.15, 0.2) is 51.8 Å². The van der Waals surface area contributed by atoms with E-state index < -0.39 is 10.0 Å². The molecule has 0 radical (unpaired) electrons. The molecule has 1 heterocycles. The number of nitrogens with one attached hydrogen (secondary N) is 1. The van der Waals surface area contributed by atoms with Crippen LogP contribution in [0, 0.1) is 0 Å². The molecule has 0 aliphatic heterocycles. The fraction of sp³-hybridized carbons (Fsp3) is 0.143. The molecule has 0 spiro atoms. The Labute approximate surface area is 140 Å². The van der Waals surface area contributed by atoms with Crippen LogP contribution in [0.3, 0.4) is 0 Å². The van der Waals surface area contributed by atoms with Crippen LogP contribution < -0.4 is 4.72 Å². The second kappa shape index (κ2) is 6.04. The van der Waals surface area contributed by atoms with Crippen molar-refractivity contribution in [3.63, 3.8) is 0 Å². The molecule has 0 aliphatic carbocycles. The molecular formula is C14H12BrN3O2S2. The van der Waals surface area contributed by atoms with Gasteiger partial charge in [-0.05, 0) is 30.7 Å². The van der Waals surface area contributed by atoms with E-state index in [0.29, 0.717) is 11.0 Å². The van der Waals surface area contributed by atoms with Crippen molar-refractivity contribution in [2.24, 2.45) is 0 Å². The summed E-state index contributed by atoms with van der Waals surface area (Å²) < 4.78 is 37.0. The molecule has 0 bridgehead atoms. The first-order valence-corrected chi connectivity index (χ1v) is 9.48. The average molecular weight is 398 g/mol. The molecule has 3 aromatic rings. The van der Waals surface area contributed by atoms with Gasteiger partial charge in [0.05, 0.1) is 11.7 Å². The quantitative estimate of drug-likeness (QED) is 0.730. The number of halogens is 1. The summed E-state index contributed by atoms with van der Waals surface area (Å²) in [6, 6.07) is 12.1. The summed E-state index contributed by atoms with van der Waals surface area (Å²) in [5, 5.41) is 0. The Bertz CT molecular complexity index is 924. The van der Waals surface area contributed by atoms with Gasteiger partial charge in [0.25, 0.3) is 0 Å². The van der Waals surface area contributed by atoms with Gasteiger partial charge in [-0.2, -0.15) is 8.75 Å². The SMILES string of the molecule is CC(NS(=O)(=O)c1cccc2nsnc12)c1ccccc1Br. The summed E-state index contributed by atoms with van der Waals surface area (Å²) >= 11 is 4.44. The van der Waals surface area contributed by atoms with Gasteiger partial charge in [-0.25, -0.2) is 13.1 Å². The molecule has 0 saturated carbocycles. The molecule has 0 amide bonds. The third-order valence-corrected chi connectivity index (χ3v) is 6.08. The molecule has 0 saturated heterocycles. The van der Waals surface area contributed by atoms with E-state index in [2.05, 4.69) is 29.4 Å². The van der Waals surface area contributed by atoms with Gasteiger partial charge in [-0.3, -0.25) is 0 Å². The standard InChI is InChI=1S/C14H12BrN3O2S2/c1-9(10-5-2-3-6-11(10)15)18-22(19,20)13-8-4-7-12-14(13)17-21-16-12/h2-9,18H,1H3. The van der Waals surface area contributed by atoms with Gasteiger partial charge in [-0.1, -0.05) is 40.2 Å². The molecule has 3 rings (SSSR count). The average Bonchev–Trinajstić information content (AvgIpc) is 2.95. The summed E-state index contributed by atoms with van der Waals surface area (Å²) in [6.45, 7) is 1.80. The molecule has 2 aromatic carbocycles. The summed E-state index contributed by atoms with van der Waals surface area (Å²) in [6.07, 6.45) is 0. The van der Waals surface area contributed by atoms with Crippen LogP contribution in [0.4, 0.5) is 0 Å². The maximum absolute atomic E-state index is 12.6. The van der Waals surface area contributed by atoms with Crippen LogP contribution in [-0.4, -0.2) is 17.2 Å². The fourth-order valence-electron chi connectivity index (χ4n) is 2.18. The van der Waals surface area contributed by atoms with E-state index in [4.69, 9.17) is 0 Å². The zero-order valence-electron chi connectivity index (χ0n) is 11.5. The van der Waals surface area contributed by atoms with E-state index in [1.807, 2.05) is 24.3 Å². The van der Waals surface area contributed by atoms with Crippen molar-refractivity contribution in [1.29, 1.82) is 0 Å². The van der Waals surface area contributed by atoms with Crippen molar-refractivity contribution in [3.05, 3.63) is 52.5 Å². The Kier molecular flexibility index (Phi) is 4.26. The van der Waals surface area contributed by atoms with Crippen molar-refractivity contribution < 1.29 is 8.42 Å². The maximum atomic E-state index is 12.6. The lowest BCUT2D eigenvalue weighted by Crippen LogP contribution is -2.27. The van der Waals surface area contributed by atoms with Crippen LogP contribution in [0.25, 0.3) is 11.0 Å². The molecule has 8 heteroatoms. The highest BCUT2D eigenvalue weighted by atomic mass is 79.9. The predicted octanol–water partition coefficient (Wildman–Crippen LogP) is 3.49. The molecule has 1 atom stereocenters. The zero-order valence-corrected chi connectivity index (χ0v) is 14.7. The first-order chi connectivity index (χ1) is 10.5. The Morgan fingerprint density at radius 3 is 2.68 bits per heavy atom. The third kappa shape index (κ3) is 2.91. The van der Waals surface area contributed by atoms with Crippen LogP contribution in [0.5, 0.6) is 0 Å². The summed E-state index contributed by atoms with van der Waals surface area (Å²) in [5.74, 6) is 0. The van der Waals surface area contributed by atoms with E-state index >= 15 is 0 Å². The molecule has 0 fully saturated rings. The number of sulfonamides is 1. The summed E-state index contributed by atoms with van der Waals surface area (Å²) in [7, 11) is -3.69. The summed E-state index contributed by atoms with van der Waals surface area (Å²) in [4.78, 5) is 0.151. The lowest BCUT2D eigenvalue weighted by atomic mass is 10.1. The van der Waals surface area contributed by atoms with Gasteiger partial charge in [0.1, 0.15) is 15.9 Å². The fourth-order valence-corrected chi connectivity index (χ4v) is 4.80. The molecule has 1 aromatic heterocycles. The number of aromatic nitrogens is 2. The summed E-state index contributed by atoms with van der Waals surface area (Å²) in [5.41, 5.74) is 1.86. The number of fused-ring (bicyclic) bond motifs is 1. The highest BCUT2D eigenvalue weighted by Gasteiger charge is 2.23. The first kappa shape index (κ1) is 15.5. The van der Waals surface area contributed by atoms with Crippen molar-refractivity contribution in [2.75, 3.05) is 0 Å². The molecule has 114 valence electrons. The normalized spacial score (nSPS) is 13.4. The number of benzene rings is 2. The Morgan fingerprint density at radius 1 is 1.14 bits per heavy atom. The smallest absolute Gasteiger partial charge is 0.207 e. The molecular weight excluding hydrogens is 386 g/mol. The predicted molar refractivity (Wildman–Crippen MR) is 90.3 cm³/mol. The van der Waals surface area contributed by atoms with Crippen LogP contribution in [0.2, 0.25) is 0 Å². The van der Waals surface area contributed by atoms with Gasteiger partial charge < -0.3 is 0 Å². The second-order valence-corrected chi connectivity index (χ2v) is 7.82. The first-order valence-electron chi connectivity index (χ1n) is 6.47. The van der Waals surface area contributed by atoms with E-state index in [-0.39, 0.29) is 10.9 Å². The maximum Gasteiger partial charge on any atom is 0.243 e. The minimum Gasteiger partial charge on any atom is -0.207 e. The van der Waals surface area contributed by atoms with Crippen molar-refractivity contribution in [1.82, 2.24) is 13.5 Å². The van der Waals surface area contributed by atoms with E-state index in [9.17, 15) is 8.42 Å². The van der Waals surface area contributed by atoms with Gasteiger partial charge in [0.15, 0.2) is 0 Å². The highest BCUT2D eigenvalue weighted by Crippen LogP contribution is 2.26. The number of hydrogen-bond acceptors (Lipinski definition) is 5. The molecule has 1 N–H and O–H groups in total. The van der Waals surface area contributed by atoms with E-state index in [1.165, 1.54) is 0 Å². The van der Waals surface area contributed by atoms with Crippen molar-refractivity contribution in [2.45, 2.75) is 17.9 Å². The molecule has 5 nitrogen and oxygen atoms in total. The van der Waals surface area contributed by atoms with Gasteiger partial charge in [0, 0.05) is 10.5 Å². The molecule has 0 aliphatic rings. The largest absolute Gasteiger partial charge is 0.243 e. The van der Waals surface area contributed by atoms with E-state index in [0.717, 1.165) is 21.8 Å². The molecule has 1 unspecified atom stereocenters. The number of nitrogens with zero attached hydrogens (tertiary/aromatic N) is 2. The van der Waals surface area contributed by atoms with Gasteiger partial charge in [-0.15, -0.1) is 0 Å². The van der Waals surface area contributed by atoms with Gasteiger partial charge >= 0.3 is 0 Å². The highest BCUT2D eigenvalue weighted by molar-refractivity contribution is 9.10. The number of hydrogen-bond donors (Lipinski definition) is 1. The lowest BCUT2D eigenvalue weighted by molar-refractivity contribution is 0.567. The Hall–Kier alpha value is -1.35. The minimum atomic E-state index is -3.69. The zero-order chi connectivity index (χ0) is 15.7. The van der Waals surface area contributed by atoms with Gasteiger partial charge in [0.2, 0.25) is 10.0 Å². The minimum absolute atomic E-state index is 0.151. The van der Waals surface area contributed by atoms with Crippen LogP contribution in [0.1, 0.15) is 18.5 Å². The Balaban J connectivity index is 1.97. The molecule has 22 heavy (non-hydrogen) atoms. The van der Waals surface area contributed by atoms with Crippen molar-refractivity contribution >= 4 is 48.7 Å². The number of rotatable bonds is 4. The topological polar surface area (TPSA) is 72.0 Å². The second-order valence-electron chi connectivity index (χ2n) is 4.75. The van der Waals surface area contributed by atoms with E-state index in [1.54, 1.807) is 25.1 Å².